The summed E-state index contributed by atoms with van der Waals surface area (Å²) in [5.41, 5.74) is 1.47. The maximum atomic E-state index is 12.9. The minimum Gasteiger partial charge on any atom is -0.481 e. The maximum absolute atomic E-state index is 12.9. The molecule has 1 N–H and O–H groups in total. The zero-order valence-electron chi connectivity index (χ0n) is 10.4. The highest BCUT2D eigenvalue weighted by Crippen LogP contribution is 2.18. The fraction of sp³-hybridized carbons (Fsp3) is 0.143. The molecule has 2 aromatic rings. The van der Waals surface area contributed by atoms with Crippen molar-refractivity contribution in [3.63, 3.8) is 0 Å². The lowest BCUT2D eigenvalue weighted by Gasteiger charge is -2.03. The molecule has 1 aromatic carbocycles. The number of hydrogen-bond acceptors (Lipinski definition) is 4. The second-order valence-corrected chi connectivity index (χ2v) is 3.79. The van der Waals surface area contributed by atoms with Gasteiger partial charge in [-0.3, -0.25) is 0 Å². The van der Waals surface area contributed by atoms with Crippen LogP contribution in [0.1, 0.15) is 5.56 Å². The first-order valence-corrected chi connectivity index (χ1v) is 5.67. The summed E-state index contributed by atoms with van der Waals surface area (Å²) in [6.07, 6.45) is 2.89. The molecule has 0 spiro atoms. The number of rotatable bonds is 4. The van der Waals surface area contributed by atoms with Gasteiger partial charge in [0, 0.05) is 17.8 Å². The smallest absolute Gasteiger partial charge is 0.216 e. The molecule has 0 amide bonds. The Kier molecular flexibility index (Phi) is 4.20. The summed E-state index contributed by atoms with van der Waals surface area (Å²) in [4.78, 5) is 8.35. The molecule has 1 heterocycles. The van der Waals surface area contributed by atoms with Crippen molar-refractivity contribution < 1.29 is 14.2 Å². The normalized spacial score (nSPS) is 11.4. The standard InChI is InChI=1S/C14H13FN2O2/c1-19-13-6-7-16-14(17-13)11-4-2-10(3-5-11)8-12(15)9-18/h2-8,18H,9H2,1H3/b12-8-. The molecular formula is C14H13FN2O2. The van der Waals surface area contributed by atoms with Crippen LogP contribution in [0.3, 0.4) is 0 Å². The Balaban J connectivity index is 2.27. The minimum atomic E-state index is -0.596. The molecule has 0 radical (unpaired) electrons. The molecular weight excluding hydrogens is 247 g/mol. The first kappa shape index (κ1) is 13.2. The summed E-state index contributed by atoms with van der Waals surface area (Å²) in [5, 5.41) is 8.61. The van der Waals surface area contributed by atoms with Crippen molar-refractivity contribution >= 4 is 6.08 Å². The lowest BCUT2D eigenvalue weighted by atomic mass is 10.1. The lowest BCUT2D eigenvalue weighted by molar-refractivity contribution is 0.300. The van der Waals surface area contributed by atoms with Gasteiger partial charge in [0.15, 0.2) is 5.82 Å². The molecule has 19 heavy (non-hydrogen) atoms. The van der Waals surface area contributed by atoms with Crippen molar-refractivity contribution in [3.05, 3.63) is 47.9 Å². The van der Waals surface area contributed by atoms with E-state index in [4.69, 9.17) is 9.84 Å². The topological polar surface area (TPSA) is 55.2 Å². The maximum Gasteiger partial charge on any atom is 0.216 e. The van der Waals surface area contributed by atoms with E-state index in [1.54, 1.807) is 36.5 Å². The first-order valence-electron chi connectivity index (χ1n) is 5.67. The quantitative estimate of drug-likeness (QED) is 0.917. The second-order valence-electron chi connectivity index (χ2n) is 3.79. The van der Waals surface area contributed by atoms with Gasteiger partial charge in [0.25, 0.3) is 0 Å². The molecule has 0 saturated carbocycles. The third kappa shape index (κ3) is 3.35. The monoisotopic (exact) mass is 260 g/mol. The number of hydrogen-bond donors (Lipinski definition) is 1. The third-order valence-electron chi connectivity index (χ3n) is 2.48. The Morgan fingerprint density at radius 3 is 2.68 bits per heavy atom. The van der Waals surface area contributed by atoms with E-state index in [2.05, 4.69) is 9.97 Å². The fourth-order valence-electron chi connectivity index (χ4n) is 1.55. The third-order valence-corrected chi connectivity index (χ3v) is 2.48. The predicted octanol–water partition coefficient (Wildman–Crippen LogP) is 2.45. The van der Waals surface area contributed by atoms with Crippen molar-refractivity contribution in [1.29, 1.82) is 0 Å². The van der Waals surface area contributed by atoms with Crippen LogP contribution >= 0.6 is 0 Å². The minimum absolute atomic E-state index is 0.486. The number of methoxy groups -OCH3 is 1. The molecule has 0 aliphatic rings. The highest BCUT2D eigenvalue weighted by Gasteiger charge is 2.03. The van der Waals surface area contributed by atoms with E-state index in [1.165, 1.54) is 13.2 Å². The van der Waals surface area contributed by atoms with Crippen LogP contribution in [0.25, 0.3) is 17.5 Å². The largest absolute Gasteiger partial charge is 0.481 e. The summed E-state index contributed by atoms with van der Waals surface area (Å²) < 4.78 is 17.9. The van der Waals surface area contributed by atoms with Crippen LogP contribution in [0.2, 0.25) is 0 Å². The van der Waals surface area contributed by atoms with Crippen molar-refractivity contribution in [2.24, 2.45) is 0 Å². The van der Waals surface area contributed by atoms with Gasteiger partial charge in [0.1, 0.15) is 5.83 Å². The number of ether oxygens (including phenoxy) is 1. The van der Waals surface area contributed by atoms with Crippen LogP contribution < -0.4 is 4.74 Å². The van der Waals surface area contributed by atoms with Gasteiger partial charge in [-0.05, 0) is 11.6 Å². The zero-order valence-corrected chi connectivity index (χ0v) is 10.4. The summed E-state index contributed by atoms with van der Waals surface area (Å²) in [6.45, 7) is -0.596. The molecule has 0 fully saturated rings. The predicted molar refractivity (Wildman–Crippen MR) is 70.2 cm³/mol. The summed E-state index contributed by atoms with van der Waals surface area (Å²) in [5.74, 6) is 0.447. The average Bonchev–Trinajstić information content (AvgIpc) is 2.48. The van der Waals surface area contributed by atoms with Gasteiger partial charge in [-0.15, -0.1) is 0 Å². The summed E-state index contributed by atoms with van der Waals surface area (Å²) >= 11 is 0. The average molecular weight is 260 g/mol. The molecule has 0 aliphatic heterocycles. The number of nitrogens with zero attached hydrogens (tertiary/aromatic N) is 2. The van der Waals surface area contributed by atoms with Crippen molar-refractivity contribution in [1.82, 2.24) is 9.97 Å². The van der Waals surface area contributed by atoms with E-state index in [0.29, 0.717) is 17.3 Å². The van der Waals surface area contributed by atoms with Crippen LogP contribution in [0.4, 0.5) is 4.39 Å². The van der Waals surface area contributed by atoms with Gasteiger partial charge >= 0.3 is 0 Å². The Labute approximate surface area is 110 Å². The summed E-state index contributed by atoms with van der Waals surface area (Å²) in [7, 11) is 1.54. The van der Waals surface area contributed by atoms with Crippen molar-refractivity contribution in [2.45, 2.75) is 0 Å². The molecule has 0 unspecified atom stereocenters. The fourth-order valence-corrected chi connectivity index (χ4v) is 1.55. The molecule has 0 atom stereocenters. The van der Waals surface area contributed by atoms with E-state index >= 15 is 0 Å². The molecule has 0 aliphatic carbocycles. The van der Waals surface area contributed by atoms with Crippen LogP contribution in [0.15, 0.2) is 42.4 Å². The van der Waals surface area contributed by atoms with Crippen molar-refractivity contribution in [2.75, 3.05) is 13.7 Å². The molecule has 0 saturated heterocycles. The Morgan fingerprint density at radius 1 is 1.32 bits per heavy atom. The zero-order chi connectivity index (χ0) is 13.7. The second kappa shape index (κ2) is 6.06. The van der Waals surface area contributed by atoms with E-state index in [0.717, 1.165) is 5.56 Å². The van der Waals surface area contributed by atoms with Gasteiger partial charge in [-0.25, -0.2) is 9.37 Å². The van der Waals surface area contributed by atoms with Gasteiger partial charge < -0.3 is 9.84 Å². The molecule has 5 heteroatoms. The Morgan fingerprint density at radius 2 is 2.05 bits per heavy atom. The van der Waals surface area contributed by atoms with E-state index in [1.807, 2.05) is 0 Å². The number of benzene rings is 1. The van der Waals surface area contributed by atoms with Crippen LogP contribution in [-0.4, -0.2) is 28.8 Å². The van der Waals surface area contributed by atoms with Crippen LogP contribution in [0.5, 0.6) is 5.88 Å². The van der Waals surface area contributed by atoms with Crippen LogP contribution in [-0.2, 0) is 0 Å². The number of aromatic nitrogens is 2. The highest BCUT2D eigenvalue weighted by molar-refractivity contribution is 5.60. The molecule has 2 rings (SSSR count). The van der Waals surface area contributed by atoms with Crippen molar-refractivity contribution in [3.8, 4) is 17.3 Å². The molecule has 4 nitrogen and oxygen atoms in total. The number of aliphatic hydroxyl groups excluding tert-OH is 1. The Bertz CT molecular complexity index is 582. The van der Waals surface area contributed by atoms with E-state index in [-0.39, 0.29) is 0 Å². The number of aliphatic hydroxyl groups is 1. The van der Waals surface area contributed by atoms with Gasteiger partial charge in [-0.2, -0.15) is 4.98 Å². The first-order chi connectivity index (χ1) is 9.22. The van der Waals surface area contributed by atoms with Gasteiger partial charge in [0.2, 0.25) is 5.88 Å². The van der Waals surface area contributed by atoms with Gasteiger partial charge in [-0.1, -0.05) is 24.3 Å². The molecule has 0 bridgehead atoms. The van der Waals surface area contributed by atoms with Crippen LogP contribution in [0, 0.1) is 0 Å². The Hall–Kier alpha value is -2.27. The number of halogens is 1. The van der Waals surface area contributed by atoms with E-state index < -0.39 is 12.4 Å². The highest BCUT2D eigenvalue weighted by atomic mass is 19.1. The lowest BCUT2D eigenvalue weighted by Crippen LogP contribution is -1.92. The van der Waals surface area contributed by atoms with Gasteiger partial charge in [0.05, 0.1) is 13.7 Å². The summed E-state index contributed by atoms with van der Waals surface area (Å²) in [6, 6.07) is 8.69. The SMILES string of the molecule is COc1ccnc(-c2ccc(/C=C(\F)CO)cc2)n1. The molecule has 98 valence electrons. The molecule has 1 aromatic heterocycles. The van der Waals surface area contributed by atoms with E-state index in [9.17, 15) is 4.39 Å².